The van der Waals surface area contributed by atoms with Crippen molar-refractivity contribution in [3.63, 3.8) is 0 Å². The van der Waals surface area contributed by atoms with Crippen molar-refractivity contribution in [3.8, 4) is 0 Å². The molecule has 0 saturated carbocycles. The first-order valence-corrected chi connectivity index (χ1v) is 6.74. The monoisotopic (exact) mass is 298 g/mol. The summed E-state index contributed by atoms with van der Waals surface area (Å²) in [6, 6.07) is 7.28. The lowest BCUT2D eigenvalue weighted by Crippen LogP contribution is -1.83. The van der Waals surface area contributed by atoms with Gasteiger partial charge in [-0.15, -0.1) is 11.6 Å². The van der Waals surface area contributed by atoms with Crippen molar-refractivity contribution in [3.05, 3.63) is 35.4 Å². The maximum Gasteiger partial charge on any atom is 0.170 e. The summed E-state index contributed by atoms with van der Waals surface area (Å²) in [7, 11) is 0. The molecule has 12 heavy (non-hydrogen) atoms. The fourth-order valence-corrected chi connectivity index (χ4v) is 1.94. The Morgan fingerprint density at radius 2 is 2.00 bits per heavy atom. The largest absolute Gasteiger partial charge is 0.231 e. The van der Waals surface area contributed by atoms with Crippen molar-refractivity contribution >= 4 is 36.8 Å². The second-order valence-corrected chi connectivity index (χ2v) is 4.57. The Morgan fingerprint density at radius 3 is 2.42 bits per heavy atom. The molecule has 0 heterocycles. The van der Waals surface area contributed by atoms with Crippen LogP contribution in [0.2, 0.25) is 0 Å². The van der Waals surface area contributed by atoms with Gasteiger partial charge in [-0.25, -0.2) is 4.39 Å². The molecule has 0 amide bonds. The molecule has 0 N–H and O–H groups in total. The van der Waals surface area contributed by atoms with Gasteiger partial charge in [-0.2, -0.15) is 0 Å². The Morgan fingerprint density at radius 1 is 1.42 bits per heavy atom. The molecular formula is C9H9ClFI. The minimum atomic E-state index is -0.840. The van der Waals surface area contributed by atoms with Gasteiger partial charge in [0.2, 0.25) is 0 Å². The summed E-state index contributed by atoms with van der Waals surface area (Å²) in [6.45, 7) is 0. The first-order chi connectivity index (χ1) is 5.77. The van der Waals surface area contributed by atoms with E-state index in [1.54, 1.807) is 12.1 Å². The number of halogens is 3. The summed E-state index contributed by atoms with van der Waals surface area (Å²) in [5.74, 6) is 0.483. The Bertz CT molecular complexity index is 258. The van der Waals surface area contributed by atoms with Gasteiger partial charge in [-0.3, -0.25) is 0 Å². The van der Waals surface area contributed by atoms with Crippen LogP contribution in [0.4, 0.5) is 4.39 Å². The minimum Gasteiger partial charge on any atom is -0.231 e. The van der Waals surface area contributed by atoms with Gasteiger partial charge in [0.1, 0.15) is 0 Å². The molecule has 1 rings (SSSR count). The second kappa shape index (κ2) is 4.92. The van der Waals surface area contributed by atoms with Gasteiger partial charge >= 0.3 is 0 Å². The smallest absolute Gasteiger partial charge is 0.170 e. The van der Waals surface area contributed by atoms with Gasteiger partial charge in [0, 0.05) is 5.88 Å². The maximum absolute atomic E-state index is 13.1. The molecule has 0 aliphatic rings. The van der Waals surface area contributed by atoms with Gasteiger partial charge in [-0.05, 0) is 11.1 Å². The number of hydrogen-bond acceptors (Lipinski definition) is 0. The highest BCUT2D eigenvalue weighted by molar-refractivity contribution is 14.2. The fraction of sp³-hybridized carbons (Fsp3) is 0.222. The normalized spacial score (nSPS) is 12.8. The average Bonchev–Trinajstić information content (AvgIpc) is 2.17. The Balaban J connectivity index is 2.84. The Labute approximate surface area is 86.5 Å². The van der Waals surface area contributed by atoms with E-state index in [0.717, 1.165) is 11.1 Å². The van der Waals surface area contributed by atoms with Crippen LogP contribution in [0.25, 0.3) is 0 Å². The van der Waals surface area contributed by atoms with Crippen LogP contribution in [0, 0.1) is 0 Å². The van der Waals surface area contributed by atoms with Gasteiger partial charge in [-0.1, -0.05) is 49.5 Å². The first-order valence-electron chi connectivity index (χ1n) is 3.43. The van der Waals surface area contributed by atoms with Gasteiger partial charge < -0.3 is 0 Å². The third-order valence-electron chi connectivity index (χ3n) is 1.52. The molecule has 0 nitrogen and oxygen atoms in total. The van der Waals surface area contributed by atoms with Crippen molar-refractivity contribution in [1.29, 1.82) is 0 Å². The molecule has 0 aromatic heterocycles. The highest BCUT2D eigenvalue weighted by atomic mass is 127. The summed E-state index contributed by atoms with van der Waals surface area (Å²) in [6.07, 6.45) is 0. The first kappa shape index (κ1) is 10.1. The Kier molecular flexibility index (Phi) is 4.15. The number of alkyl halides is 3. The van der Waals surface area contributed by atoms with E-state index in [1.165, 1.54) is 0 Å². The molecule has 66 valence electrons. The van der Waals surface area contributed by atoms with Crippen LogP contribution < -0.4 is 0 Å². The number of rotatable bonds is 3. The van der Waals surface area contributed by atoms with E-state index in [9.17, 15) is 4.39 Å². The highest BCUT2D eigenvalue weighted by Crippen LogP contribution is 2.28. The molecule has 1 unspecified atom stereocenters. The van der Waals surface area contributed by atoms with Crippen molar-refractivity contribution in [1.82, 2.24) is 0 Å². The molecule has 3 heteroatoms. The van der Waals surface area contributed by atoms with Crippen LogP contribution in [0.1, 0.15) is 15.3 Å². The summed E-state index contributed by atoms with van der Waals surface area (Å²) in [5.41, 5.74) is 1.75. The van der Waals surface area contributed by atoms with E-state index in [4.69, 9.17) is 11.6 Å². The van der Waals surface area contributed by atoms with E-state index < -0.39 is 24.9 Å². The third kappa shape index (κ3) is 2.52. The quantitative estimate of drug-likeness (QED) is 0.588. The average molecular weight is 299 g/mol. The molecule has 0 aliphatic carbocycles. The molecule has 0 spiro atoms. The predicted molar refractivity (Wildman–Crippen MR) is 61.0 cm³/mol. The SMILES string of the molecule is C=IC(F)c1ccc(CCl)cc1. The third-order valence-corrected chi connectivity index (χ3v) is 3.32. The van der Waals surface area contributed by atoms with E-state index >= 15 is 0 Å². The second-order valence-electron chi connectivity index (χ2n) is 2.33. The standard InChI is InChI=1S/C9H9ClFI/c1-12-9(11)8-4-2-7(6-10)3-5-8/h2-5,9H,1,6H2. The topological polar surface area (TPSA) is 0 Å². The van der Waals surface area contributed by atoms with Crippen molar-refractivity contribution in [2.45, 2.75) is 10.1 Å². The van der Waals surface area contributed by atoms with Crippen LogP contribution in [-0.2, 0) is 5.88 Å². The summed E-state index contributed by atoms with van der Waals surface area (Å²) >= 11 is 5.00. The number of hydrogen-bond donors (Lipinski definition) is 0. The lowest BCUT2D eigenvalue weighted by molar-refractivity contribution is 0.490. The molecule has 0 bridgehead atoms. The predicted octanol–water partition coefficient (Wildman–Crippen LogP) is 3.80. The Hall–Kier alpha value is 0.0400. The molecule has 0 fully saturated rings. The maximum atomic E-state index is 13.1. The minimum absolute atomic E-state index is 0.483. The molecule has 0 aliphatic heterocycles. The van der Waals surface area contributed by atoms with E-state index in [1.807, 2.05) is 12.1 Å². The lowest BCUT2D eigenvalue weighted by atomic mass is 10.2. The zero-order chi connectivity index (χ0) is 8.97. The molecule has 1 aromatic carbocycles. The van der Waals surface area contributed by atoms with Gasteiger partial charge in [0.15, 0.2) is 4.18 Å². The van der Waals surface area contributed by atoms with Crippen LogP contribution in [0.5, 0.6) is 0 Å². The molecule has 1 atom stereocenters. The van der Waals surface area contributed by atoms with Crippen LogP contribution in [0.15, 0.2) is 24.3 Å². The van der Waals surface area contributed by atoms with Crippen molar-refractivity contribution < 1.29 is 4.39 Å². The van der Waals surface area contributed by atoms with Crippen LogP contribution in [-0.4, -0.2) is 4.51 Å². The summed E-state index contributed by atoms with van der Waals surface area (Å²) in [5, 5.41) is 0. The highest BCUT2D eigenvalue weighted by Gasteiger charge is 2.03. The molecule has 1 aromatic rings. The van der Waals surface area contributed by atoms with E-state index in [0.29, 0.717) is 5.88 Å². The van der Waals surface area contributed by atoms with E-state index in [-0.39, 0.29) is 0 Å². The van der Waals surface area contributed by atoms with Gasteiger partial charge in [0.25, 0.3) is 0 Å². The van der Waals surface area contributed by atoms with Gasteiger partial charge in [0.05, 0.1) is 0 Å². The molecule has 0 radical (unpaired) electrons. The fourth-order valence-electron chi connectivity index (χ4n) is 0.841. The van der Waals surface area contributed by atoms with Crippen molar-refractivity contribution in [2.24, 2.45) is 0 Å². The summed E-state index contributed by atoms with van der Waals surface area (Å²) in [4.78, 5) is 0. The summed E-state index contributed by atoms with van der Waals surface area (Å²) < 4.78 is 15.8. The van der Waals surface area contributed by atoms with Crippen molar-refractivity contribution in [2.75, 3.05) is 0 Å². The lowest BCUT2D eigenvalue weighted by Gasteiger charge is -2.02. The molecular weight excluding hydrogens is 289 g/mol. The van der Waals surface area contributed by atoms with Crippen LogP contribution >= 0.6 is 32.3 Å². The zero-order valence-corrected chi connectivity index (χ0v) is 9.35. The number of benzene rings is 1. The van der Waals surface area contributed by atoms with Crippen LogP contribution in [0.3, 0.4) is 0 Å². The van der Waals surface area contributed by atoms with E-state index in [2.05, 4.69) is 4.51 Å². The zero-order valence-electron chi connectivity index (χ0n) is 6.43. The molecule has 0 saturated heterocycles.